The molecule has 1 aromatic heterocycles. The second-order valence-corrected chi connectivity index (χ2v) is 4.87. The topological polar surface area (TPSA) is 38.0 Å². The van der Waals surface area contributed by atoms with Gasteiger partial charge in [0, 0.05) is 23.4 Å². The fourth-order valence-corrected chi connectivity index (χ4v) is 2.16. The van der Waals surface area contributed by atoms with Gasteiger partial charge in [-0.15, -0.1) is 0 Å². The lowest BCUT2D eigenvalue weighted by molar-refractivity contribution is 0.275. The average molecular weight is 246 g/mol. The lowest BCUT2D eigenvalue weighted by atomic mass is 10.1. The number of rotatable bonds is 3. The molecule has 0 saturated heterocycles. The highest BCUT2D eigenvalue weighted by atomic mass is 19.1. The normalized spacial score (nSPS) is 15.1. The molecule has 0 unspecified atom stereocenters. The summed E-state index contributed by atoms with van der Waals surface area (Å²) in [7, 11) is 0. The maximum absolute atomic E-state index is 13.5. The van der Waals surface area contributed by atoms with Crippen LogP contribution in [-0.2, 0) is 6.61 Å². The van der Waals surface area contributed by atoms with Gasteiger partial charge >= 0.3 is 0 Å². The predicted octanol–water partition coefficient (Wildman–Crippen LogP) is 2.69. The molecule has 1 fully saturated rings. The zero-order chi connectivity index (χ0) is 12.7. The summed E-state index contributed by atoms with van der Waals surface area (Å²) in [6.45, 7) is 1.57. The van der Waals surface area contributed by atoms with Gasteiger partial charge in [0.25, 0.3) is 0 Å². The molecule has 1 heterocycles. The van der Waals surface area contributed by atoms with Crippen LogP contribution < -0.4 is 0 Å². The molecule has 0 aliphatic heterocycles. The van der Waals surface area contributed by atoms with Crippen molar-refractivity contribution < 1.29 is 9.50 Å². The van der Waals surface area contributed by atoms with Gasteiger partial charge in [0.05, 0.1) is 18.6 Å². The van der Waals surface area contributed by atoms with Crippen LogP contribution in [-0.4, -0.2) is 14.7 Å². The Hall–Kier alpha value is -1.68. The Morgan fingerprint density at radius 1 is 1.44 bits per heavy atom. The first-order valence-electron chi connectivity index (χ1n) is 6.13. The molecule has 0 atom stereocenters. The third-order valence-corrected chi connectivity index (χ3v) is 3.41. The summed E-state index contributed by atoms with van der Waals surface area (Å²) in [5, 5.41) is 9.12. The number of aliphatic hydroxyl groups is 1. The summed E-state index contributed by atoms with van der Waals surface area (Å²) in [6.07, 6.45) is 6.18. The van der Waals surface area contributed by atoms with E-state index in [2.05, 4.69) is 4.98 Å². The van der Waals surface area contributed by atoms with E-state index in [1.54, 1.807) is 12.4 Å². The number of aromatic nitrogens is 2. The summed E-state index contributed by atoms with van der Waals surface area (Å²) < 4.78 is 15.4. The molecule has 1 saturated carbocycles. The fourth-order valence-electron chi connectivity index (χ4n) is 2.16. The van der Waals surface area contributed by atoms with Crippen LogP contribution in [0, 0.1) is 12.7 Å². The van der Waals surface area contributed by atoms with Crippen LogP contribution >= 0.6 is 0 Å². The number of hydrogen-bond acceptors (Lipinski definition) is 2. The van der Waals surface area contributed by atoms with Gasteiger partial charge < -0.3 is 9.67 Å². The van der Waals surface area contributed by atoms with Crippen LogP contribution in [0.4, 0.5) is 4.39 Å². The van der Waals surface area contributed by atoms with E-state index in [0.29, 0.717) is 11.5 Å². The van der Waals surface area contributed by atoms with E-state index in [0.717, 1.165) is 16.9 Å². The molecule has 94 valence electrons. The number of benzene rings is 1. The number of nitrogens with zero attached hydrogens (tertiary/aromatic N) is 2. The van der Waals surface area contributed by atoms with Crippen LogP contribution in [0.3, 0.4) is 0 Å². The van der Waals surface area contributed by atoms with E-state index in [4.69, 9.17) is 5.11 Å². The molecule has 0 amide bonds. The Kier molecular flexibility index (Phi) is 2.67. The first-order valence-corrected chi connectivity index (χ1v) is 6.13. The van der Waals surface area contributed by atoms with Crippen molar-refractivity contribution in [2.24, 2.45) is 0 Å². The molecule has 3 rings (SSSR count). The van der Waals surface area contributed by atoms with Crippen LogP contribution in [0.5, 0.6) is 0 Å². The molecule has 0 bridgehead atoms. The molecule has 1 N–H and O–H groups in total. The second-order valence-electron chi connectivity index (χ2n) is 4.87. The summed E-state index contributed by atoms with van der Waals surface area (Å²) in [4.78, 5) is 4.38. The molecule has 1 aromatic carbocycles. The van der Waals surface area contributed by atoms with Gasteiger partial charge in [0.15, 0.2) is 0 Å². The van der Waals surface area contributed by atoms with Gasteiger partial charge in [-0.2, -0.15) is 0 Å². The summed E-state index contributed by atoms with van der Waals surface area (Å²) >= 11 is 0. The average Bonchev–Trinajstić information content (AvgIpc) is 3.09. The van der Waals surface area contributed by atoms with Crippen LogP contribution in [0.1, 0.15) is 35.6 Å². The summed E-state index contributed by atoms with van der Waals surface area (Å²) in [5.74, 6) is 0.241. The van der Waals surface area contributed by atoms with E-state index in [9.17, 15) is 4.39 Å². The van der Waals surface area contributed by atoms with Crippen molar-refractivity contribution in [3.63, 3.8) is 0 Å². The molecule has 0 spiro atoms. The molecule has 1 aliphatic rings. The second kappa shape index (κ2) is 4.21. The minimum atomic E-state index is -0.360. The number of halogens is 1. The van der Waals surface area contributed by atoms with Crippen molar-refractivity contribution in [3.8, 4) is 5.69 Å². The minimum absolute atomic E-state index is 0.288. The number of aryl methyl sites for hydroxylation is 1. The Balaban J connectivity index is 2.03. The van der Waals surface area contributed by atoms with Crippen molar-refractivity contribution in [1.82, 2.24) is 9.55 Å². The number of hydrogen-bond donors (Lipinski definition) is 1. The fraction of sp³-hybridized carbons (Fsp3) is 0.357. The van der Waals surface area contributed by atoms with E-state index in [1.807, 2.05) is 17.7 Å². The smallest absolute Gasteiger partial charge is 0.129 e. The quantitative estimate of drug-likeness (QED) is 0.904. The predicted molar refractivity (Wildman–Crippen MR) is 66.2 cm³/mol. The highest BCUT2D eigenvalue weighted by Crippen LogP contribution is 2.39. The van der Waals surface area contributed by atoms with Gasteiger partial charge in [-0.1, -0.05) is 0 Å². The van der Waals surface area contributed by atoms with E-state index in [1.165, 1.54) is 18.9 Å². The standard InChI is InChI=1S/C14H15FN2O/c1-9-4-12(15)11(7-18)5-14(9)17-6-13(16-8-17)10-2-3-10/h4-6,8,10,18H,2-3,7H2,1H3. The monoisotopic (exact) mass is 246 g/mol. The zero-order valence-electron chi connectivity index (χ0n) is 10.2. The first-order chi connectivity index (χ1) is 8.69. The molecular weight excluding hydrogens is 231 g/mol. The van der Waals surface area contributed by atoms with Crippen molar-refractivity contribution in [1.29, 1.82) is 0 Å². The third kappa shape index (κ3) is 1.93. The Morgan fingerprint density at radius 2 is 2.22 bits per heavy atom. The highest BCUT2D eigenvalue weighted by molar-refractivity contribution is 5.44. The maximum Gasteiger partial charge on any atom is 0.129 e. The third-order valence-electron chi connectivity index (χ3n) is 3.41. The SMILES string of the molecule is Cc1cc(F)c(CO)cc1-n1cnc(C2CC2)c1. The zero-order valence-corrected chi connectivity index (χ0v) is 10.2. The number of imidazole rings is 1. The van der Waals surface area contributed by atoms with E-state index < -0.39 is 0 Å². The Labute approximate surface area is 105 Å². The molecule has 3 nitrogen and oxygen atoms in total. The van der Waals surface area contributed by atoms with Crippen molar-refractivity contribution in [3.05, 3.63) is 47.3 Å². The maximum atomic E-state index is 13.5. The summed E-state index contributed by atoms with van der Waals surface area (Å²) in [5.41, 5.74) is 3.13. The van der Waals surface area contributed by atoms with Crippen molar-refractivity contribution in [2.45, 2.75) is 32.3 Å². The molecule has 18 heavy (non-hydrogen) atoms. The molecule has 2 aromatic rings. The Bertz CT molecular complexity index is 587. The minimum Gasteiger partial charge on any atom is -0.392 e. The van der Waals surface area contributed by atoms with Gasteiger partial charge in [0.1, 0.15) is 5.82 Å². The van der Waals surface area contributed by atoms with E-state index >= 15 is 0 Å². The van der Waals surface area contributed by atoms with Gasteiger partial charge in [0.2, 0.25) is 0 Å². The van der Waals surface area contributed by atoms with Crippen LogP contribution in [0.25, 0.3) is 5.69 Å². The van der Waals surface area contributed by atoms with Crippen LogP contribution in [0.2, 0.25) is 0 Å². The molecular formula is C14H15FN2O. The van der Waals surface area contributed by atoms with E-state index in [-0.39, 0.29) is 12.4 Å². The van der Waals surface area contributed by atoms with Gasteiger partial charge in [-0.05, 0) is 37.5 Å². The van der Waals surface area contributed by atoms with Crippen LogP contribution in [0.15, 0.2) is 24.7 Å². The molecule has 1 aliphatic carbocycles. The molecule has 0 radical (unpaired) electrons. The van der Waals surface area contributed by atoms with Gasteiger partial charge in [-0.3, -0.25) is 0 Å². The van der Waals surface area contributed by atoms with Crippen molar-refractivity contribution >= 4 is 0 Å². The number of aliphatic hydroxyl groups excluding tert-OH is 1. The Morgan fingerprint density at radius 3 is 2.89 bits per heavy atom. The molecule has 4 heteroatoms. The highest BCUT2D eigenvalue weighted by Gasteiger charge is 2.26. The van der Waals surface area contributed by atoms with Crippen molar-refractivity contribution in [2.75, 3.05) is 0 Å². The lowest BCUT2D eigenvalue weighted by Crippen LogP contribution is -1.99. The largest absolute Gasteiger partial charge is 0.392 e. The lowest BCUT2D eigenvalue weighted by Gasteiger charge is -2.09. The first kappa shape index (κ1) is 11.4. The summed E-state index contributed by atoms with van der Waals surface area (Å²) in [6, 6.07) is 3.14. The van der Waals surface area contributed by atoms with Gasteiger partial charge in [-0.25, -0.2) is 9.37 Å².